The van der Waals surface area contributed by atoms with Crippen LogP contribution in [0.2, 0.25) is 0 Å². The Kier molecular flexibility index (Phi) is 16.8. The van der Waals surface area contributed by atoms with E-state index in [4.69, 9.17) is 9.47 Å². The van der Waals surface area contributed by atoms with Crippen molar-refractivity contribution in [3.05, 3.63) is 35.9 Å². The molecule has 170 valence electrons. The van der Waals surface area contributed by atoms with Crippen molar-refractivity contribution in [1.29, 1.82) is 0 Å². The number of ether oxygens (including phenoxy) is 2. The Morgan fingerprint density at radius 2 is 1.23 bits per heavy atom. The Hall–Kier alpha value is -1.77. The summed E-state index contributed by atoms with van der Waals surface area (Å²) < 4.78 is 10.7. The second-order valence-electron chi connectivity index (χ2n) is 8.10. The van der Waals surface area contributed by atoms with Crippen LogP contribution in [0.4, 0.5) is 0 Å². The van der Waals surface area contributed by atoms with Crippen LogP contribution in [0.3, 0.4) is 0 Å². The Morgan fingerprint density at radius 3 is 1.73 bits per heavy atom. The van der Waals surface area contributed by atoms with Crippen LogP contribution in [0.15, 0.2) is 30.3 Å². The highest BCUT2D eigenvalue weighted by molar-refractivity contribution is 5.87. The molecule has 30 heavy (non-hydrogen) atoms. The zero-order valence-electron chi connectivity index (χ0n) is 19.5. The highest BCUT2D eigenvalue weighted by Crippen LogP contribution is 2.15. The van der Waals surface area contributed by atoms with Crippen molar-refractivity contribution in [2.45, 2.75) is 104 Å². The topological polar surface area (TPSA) is 35.5 Å². The molecule has 0 heterocycles. The molecule has 0 unspecified atom stereocenters. The van der Waals surface area contributed by atoms with E-state index in [9.17, 15) is 4.79 Å². The molecule has 1 aromatic carbocycles. The smallest absolute Gasteiger partial charge is 0.330 e. The van der Waals surface area contributed by atoms with Crippen molar-refractivity contribution in [2.24, 2.45) is 0 Å². The van der Waals surface area contributed by atoms with Crippen LogP contribution in [0.1, 0.15) is 109 Å². The van der Waals surface area contributed by atoms with Gasteiger partial charge in [0.05, 0.1) is 13.2 Å². The van der Waals surface area contributed by atoms with Gasteiger partial charge in [0.25, 0.3) is 0 Å². The third-order valence-corrected chi connectivity index (χ3v) is 5.35. The van der Waals surface area contributed by atoms with Gasteiger partial charge < -0.3 is 9.47 Å². The van der Waals surface area contributed by atoms with Crippen LogP contribution in [-0.2, 0) is 9.53 Å². The van der Waals surface area contributed by atoms with Gasteiger partial charge in [0, 0.05) is 6.08 Å². The van der Waals surface area contributed by atoms with Crippen molar-refractivity contribution in [3.8, 4) is 5.75 Å². The second kappa shape index (κ2) is 19.2. The average molecular weight is 417 g/mol. The van der Waals surface area contributed by atoms with Gasteiger partial charge in [-0.1, -0.05) is 103 Å². The summed E-state index contributed by atoms with van der Waals surface area (Å²) in [6.45, 7) is 5.25. The predicted molar refractivity (Wildman–Crippen MR) is 128 cm³/mol. The van der Waals surface area contributed by atoms with E-state index in [0.29, 0.717) is 6.61 Å². The maximum absolute atomic E-state index is 11.3. The molecule has 0 fully saturated rings. The maximum atomic E-state index is 11.3. The largest absolute Gasteiger partial charge is 0.494 e. The SMILES string of the molecule is CCCCCCCCCCCCCCCCOc1ccc(/C=C/C(=O)OCC)cc1. The molecule has 0 amide bonds. The summed E-state index contributed by atoms with van der Waals surface area (Å²) in [5, 5.41) is 0. The average Bonchev–Trinajstić information content (AvgIpc) is 2.76. The van der Waals surface area contributed by atoms with E-state index in [0.717, 1.165) is 24.3 Å². The maximum Gasteiger partial charge on any atom is 0.330 e. The minimum absolute atomic E-state index is 0.310. The highest BCUT2D eigenvalue weighted by atomic mass is 16.5. The van der Waals surface area contributed by atoms with Crippen LogP contribution >= 0.6 is 0 Å². The lowest BCUT2D eigenvalue weighted by molar-refractivity contribution is -0.137. The monoisotopic (exact) mass is 416 g/mol. The Morgan fingerprint density at radius 1 is 0.733 bits per heavy atom. The second-order valence-corrected chi connectivity index (χ2v) is 8.10. The molecule has 0 aliphatic carbocycles. The molecule has 0 radical (unpaired) electrons. The van der Waals surface area contributed by atoms with E-state index >= 15 is 0 Å². The number of hydrogen-bond acceptors (Lipinski definition) is 3. The summed E-state index contributed by atoms with van der Waals surface area (Å²) in [5.41, 5.74) is 0.965. The van der Waals surface area contributed by atoms with Gasteiger partial charge in [-0.2, -0.15) is 0 Å². The van der Waals surface area contributed by atoms with Gasteiger partial charge in [0.15, 0.2) is 0 Å². The van der Waals surface area contributed by atoms with E-state index in [1.165, 1.54) is 89.5 Å². The molecule has 3 heteroatoms. The fourth-order valence-corrected chi connectivity index (χ4v) is 3.52. The van der Waals surface area contributed by atoms with Crippen molar-refractivity contribution in [1.82, 2.24) is 0 Å². The van der Waals surface area contributed by atoms with Crippen molar-refractivity contribution in [3.63, 3.8) is 0 Å². The van der Waals surface area contributed by atoms with E-state index in [-0.39, 0.29) is 5.97 Å². The number of esters is 1. The molecule has 0 aliphatic rings. The summed E-state index contributed by atoms with van der Waals surface area (Å²) in [5.74, 6) is 0.577. The quantitative estimate of drug-likeness (QED) is 0.130. The molecule has 0 saturated heterocycles. The number of hydrogen-bond donors (Lipinski definition) is 0. The van der Waals surface area contributed by atoms with Gasteiger partial charge >= 0.3 is 5.97 Å². The fourth-order valence-electron chi connectivity index (χ4n) is 3.52. The first-order valence-corrected chi connectivity index (χ1v) is 12.3. The molecule has 0 aliphatic heterocycles. The van der Waals surface area contributed by atoms with Crippen LogP contribution in [0, 0.1) is 0 Å². The molecular formula is C27H44O3. The highest BCUT2D eigenvalue weighted by Gasteiger charge is 1.97. The number of benzene rings is 1. The Bertz CT molecular complexity index is 548. The summed E-state index contributed by atoms with van der Waals surface area (Å²) in [7, 11) is 0. The first-order valence-electron chi connectivity index (χ1n) is 12.3. The Labute approximate surface area is 185 Å². The van der Waals surface area contributed by atoms with Crippen LogP contribution in [0.25, 0.3) is 6.08 Å². The van der Waals surface area contributed by atoms with E-state index in [1.807, 2.05) is 24.3 Å². The molecule has 1 rings (SSSR count). The Balaban J connectivity index is 1.93. The lowest BCUT2D eigenvalue weighted by Gasteiger charge is -2.06. The van der Waals surface area contributed by atoms with Gasteiger partial charge in [-0.3, -0.25) is 0 Å². The number of carbonyl (C=O) groups is 1. The molecule has 3 nitrogen and oxygen atoms in total. The third kappa shape index (κ3) is 15.1. The minimum Gasteiger partial charge on any atom is -0.494 e. The van der Waals surface area contributed by atoms with Crippen molar-refractivity contribution in [2.75, 3.05) is 13.2 Å². The lowest BCUT2D eigenvalue weighted by Crippen LogP contribution is -1.98. The van der Waals surface area contributed by atoms with Gasteiger partial charge in [-0.25, -0.2) is 4.79 Å². The first kappa shape index (κ1) is 26.3. The third-order valence-electron chi connectivity index (χ3n) is 5.35. The fraction of sp³-hybridized carbons (Fsp3) is 0.667. The summed E-state index contributed by atoms with van der Waals surface area (Å²) in [6.07, 6.45) is 22.4. The van der Waals surface area contributed by atoms with Crippen molar-refractivity contribution >= 4 is 12.0 Å². The summed E-state index contributed by atoms with van der Waals surface area (Å²) in [4.78, 5) is 11.3. The zero-order valence-corrected chi connectivity index (χ0v) is 19.5. The van der Waals surface area contributed by atoms with Gasteiger partial charge in [-0.05, 0) is 37.1 Å². The number of carbonyl (C=O) groups excluding carboxylic acids is 1. The number of rotatable bonds is 19. The standard InChI is InChI=1S/C27H44O3/c1-3-5-6-7-8-9-10-11-12-13-14-15-16-17-24-30-26-21-18-25(19-22-26)20-23-27(28)29-4-2/h18-23H,3-17,24H2,1-2H3/b23-20+. The molecule has 0 saturated carbocycles. The summed E-state index contributed by atoms with van der Waals surface area (Å²) in [6, 6.07) is 7.82. The predicted octanol–water partition coefficient (Wildman–Crippen LogP) is 8.12. The number of unbranched alkanes of at least 4 members (excludes halogenated alkanes) is 13. The zero-order chi connectivity index (χ0) is 21.7. The molecular weight excluding hydrogens is 372 g/mol. The van der Waals surface area contributed by atoms with Crippen molar-refractivity contribution < 1.29 is 14.3 Å². The van der Waals surface area contributed by atoms with Crippen LogP contribution in [0.5, 0.6) is 5.75 Å². The van der Waals surface area contributed by atoms with Crippen LogP contribution in [-0.4, -0.2) is 19.2 Å². The molecule has 1 aromatic rings. The molecule has 0 N–H and O–H groups in total. The normalized spacial score (nSPS) is 11.1. The molecule has 0 aromatic heterocycles. The van der Waals surface area contributed by atoms with E-state index < -0.39 is 0 Å². The first-order chi connectivity index (χ1) is 14.8. The molecule has 0 bridgehead atoms. The van der Waals surface area contributed by atoms with Gasteiger partial charge in [0.2, 0.25) is 0 Å². The van der Waals surface area contributed by atoms with Crippen LogP contribution < -0.4 is 4.74 Å². The van der Waals surface area contributed by atoms with E-state index in [2.05, 4.69) is 6.92 Å². The van der Waals surface area contributed by atoms with Gasteiger partial charge in [-0.15, -0.1) is 0 Å². The minimum atomic E-state index is -0.310. The lowest BCUT2D eigenvalue weighted by atomic mass is 10.0. The van der Waals surface area contributed by atoms with E-state index in [1.54, 1.807) is 13.0 Å². The van der Waals surface area contributed by atoms with Gasteiger partial charge in [0.1, 0.15) is 5.75 Å². The molecule has 0 spiro atoms. The molecule has 0 atom stereocenters. The summed E-state index contributed by atoms with van der Waals surface area (Å²) >= 11 is 0.